The van der Waals surface area contributed by atoms with Gasteiger partial charge in [-0.3, -0.25) is 0 Å². The maximum atomic E-state index is 10.8. The topological polar surface area (TPSA) is 38.7 Å². The summed E-state index contributed by atoms with van der Waals surface area (Å²) in [6, 6.07) is 16.3. The molecular weight excluding hydrogens is 332 g/mol. The van der Waals surface area contributed by atoms with Crippen LogP contribution in [0.3, 0.4) is 0 Å². The highest BCUT2D eigenvalue weighted by Gasteiger charge is 2.43. The van der Waals surface area contributed by atoms with Gasteiger partial charge in [-0.2, -0.15) is 0 Å². The van der Waals surface area contributed by atoms with Gasteiger partial charge in [0.1, 0.15) is 11.7 Å². The third-order valence-corrected chi connectivity index (χ3v) is 5.74. The SMILES string of the molecule is CC1(C)OCC(C)(c2csc(C(O)c3ccc4ccccc4c3)c2)O1. The van der Waals surface area contributed by atoms with Crippen molar-refractivity contribution in [2.75, 3.05) is 6.61 Å². The van der Waals surface area contributed by atoms with E-state index in [1.807, 2.05) is 45.0 Å². The Bertz CT molecular complexity index is 914. The van der Waals surface area contributed by atoms with Gasteiger partial charge in [0.15, 0.2) is 5.79 Å². The minimum Gasteiger partial charge on any atom is -0.383 e. The number of ether oxygens (including phenoxy) is 2. The van der Waals surface area contributed by atoms with Crippen LogP contribution in [-0.2, 0) is 15.1 Å². The van der Waals surface area contributed by atoms with Gasteiger partial charge < -0.3 is 14.6 Å². The number of fused-ring (bicyclic) bond motifs is 1. The second-order valence-corrected chi connectivity index (χ2v) is 8.21. The lowest BCUT2D eigenvalue weighted by molar-refractivity contribution is -0.159. The molecule has 2 aromatic carbocycles. The fraction of sp³-hybridized carbons (Fsp3) is 0.333. The Labute approximate surface area is 151 Å². The zero-order valence-electron chi connectivity index (χ0n) is 14.7. The minimum atomic E-state index is -0.637. The Kier molecular flexibility index (Phi) is 3.96. The molecule has 4 heteroatoms. The van der Waals surface area contributed by atoms with Crippen LogP contribution in [0.15, 0.2) is 53.9 Å². The van der Waals surface area contributed by atoms with Gasteiger partial charge in [-0.1, -0.05) is 36.4 Å². The molecule has 2 heterocycles. The molecule has 1 N–H and O–H groups in total. The van der Waals surface area contributed by atoms with E-state index in [1.54, 1.807) is 11.3 Å². The molecule has 1 fully saturated rings. The van der Waals surface area contributed by atoms with Crippen molar-refractivity contribution in [2.45, 2.75) is 38.3 Å². The molecule has 130 valence electrons. The van der Waals surface area contributed by atoms with E-state index in [0.29, 0.717) is 6.61 Å². The van der Waals surface area contributed by atoms with E-state index in [9.17, 15) is 5.11 Å². The summed E-state index contributed by atoms with van der Waals surface area (Å²) in [5.41, 5.74) is 1.49. The molecule has 0 saturated carbocycles. The summed E-state index contributed by atoms with van der Waals surface area (Å²) in [7, 11) is 0. The van der Waals surface area contributed by atoms with Crippen LogP contribution in [0.4, 0.5) is 0 Å². The Morgan fingerprint density at radius 2 is 1.80 bits per heavy atom. The van der Waals surface area contributed by atoms with Crippen LogP contribution in [0.5, 0.6) is 0 Å². The summed E-state index contributed by atoms with van der Waals surface area (Å²) in [5.74, 6) is -0.576. The predicted octanol–water partition coefficient (Wildman–Crippen LogP) is 4.98. The van der Waals surface area contributed by atoms with E-state index >= 15 is 0 Å². The van der Waals surface area contributed by atoms with E-state index in [0.717, 1.165) is 21.4 Å². The number of aliphatic hydroxyl groups is 1. The van der Waals surface area contributed by atoms with Gasteiger partial charge in [0.25, 0.3) is 0 Å². The quantitative estimate of drug-likeness (QED) is 0.721. The van der Waals surface area contributed by atoms with Crippen molar-refractivity contribution in [3.8, 4) is 0 Å². The van der Waals surface area contributed by atoms with Crippen molar-refractivity contribution in [1.29, 1.82) is 0 Å². The largest absolute Gasteiger partial charge is 0.383 e. The number of aliphatic hydroxyl groups excluding tert-OH is 1. The number of thiophene rings is 1. The highest BCUT2D eigenvalue weighted by molar-refractivity contribution is 7.10. The summed E-state index contributed by atoms with van der Waals surface area (Å²) in [5, 5.41) is 15.2. The summed E-state index contributed by atoms with van der Waals surface area (Å²) in [6.07, 6.45) is -0.637. The zero-order valence-corrected chi connectivity index (χ0v) is 15.5. The smallest absolute Gasteiger partial charge is 0.164 e. The predicted molar refractivity (Wildman–Crippen MR) is 101 cm³/mol. The minimum absolute atomic E-state index is 0.471. The maximum Gasteiger partial charge on any atom is 0.164 e. The number of hydrogen-bond donors (Lipinski definition) is 1. The van der Waals surface area contributed by atoms with E-state index in [4.69, 9.17) is 9.47 Å². The van der Waals surface area contributed by atoms with Gasteiger partial charge in [0, 0.05) is 4.88 Å². The molecule has 3 nitrogen and oxygen atoms in total. The molecule has 0 amide bonds. The van der Waals surface area contributed by atoms with E-state index < -0.39 is 17.5 Å². The van der Waals surface area contributed by atoms with Crippen LogP contribution in [0.1, 0.15) is 42.9 Å². The van der Waals surface area contributed by atoms with Crippen molar-refractivity contribution in [3.05, 3.63) is 69.9 Å². The molecule has 25 heavy (non-hydrogen) atoms. The molecule has 1 aliphatic heterocycles. The average molecular weight is 354 g/mol. The summed E-state index contributed by atoms with van der Waals surface area (Å²) in [6.45, 7) is 6.41. The highest BCUT2D eigenvalue weighted by Crippen LogP contribution is 2.41. The van der Waals surface area contributed by atoms with Crippen LogP contribution in [0, 0.1) is 0 Å². The number of rotatable bonds is 3. The molecule has 0 radical (unpaired) electrons. The fourth-order valence-electron chi connectivity index (χ4n) is 3.37. The molecule has 1 saturated heterocycles. The molecule has 0 spiro atoms. The first-order chi connectivity index (χ1) is 11.9. The second kappa shape index (κ2) is 5.92. The Balaban J connectivity index is 1.62. The van der Waals surface area contributed by atoms with E-state index in [-0.39, 0.29) is 0 Å². The number of benzene rings is 2. The zero-order chi connectivity index (χ0) is 17.7. The van der Waals surface area contributed by atoms with Crippen molar-refractivity contribution < 1.29 is 14.6 Å². The Morgan fingerprint density at radius 3 is 2.52 bits per heavy atom. The Morgan fingerprint density at radius 1 is 1.04 bits per heavy atom. The van der Waals surface area contributed by atoms with Gasteiger partial charge >= 0.3 is 0 Å². The molecule has 1 aromatic heterocycles. The van der Waals surface area contributed by atoms with Gasteiger partial charge in [0.05, 0.1) is 6.61 Å². The van der Waals surface area contributed by atoms with Crippen molar-refractivity contribution in [3.63, 3.8) is 0 Å². The monoisotopic (exact) mass is 354 g/mol. The molecule has 2 atom stereocenters. The third-order valence-electron chi connectivity index (χ3n) is 4.76. The lowest BCUT2D eigenvalue weighted by Crippen LogP contribution is -2.27. The molecule has 0 bridgehead atoms. The first-order valence-electron chi connectivity index (χ1n) is 8.46. The average Bonchev–Trinajstić information content (AvgIpc) is 3.19. The maximum absolute atomic E-state index is 10.8. The molecular formula is C21H22O3S. The third kappa shape index (κ3) is 3.11. The van der Waals surface area contributed by atoms with E-state index in [1.165, 1.54) is 5.39 Å². The standard InChI is InChI=1S/C21H22O3S/c1-20(2)23-13-21(3,24-20)17-11-18(25-12-17)19(22)16-9-8-14-6-4-5-7-15(14)10-16/h4-12,19,22H,13H2,1-3H3. The summed E-state index contributed by atoms with van der Waals surface area (Å²) < 4.78 is 11.8. The number of hydrogen-bond acceptors (Lipinski definition) is 4. The lowest BCUT2D eigenvalue weighted by Gasteiger charge is -2.24. The first-order valence-corrected chi connectivity index (χ1v) is 9.34. The van der Waals surface area contributed by atoms with Crippen LogP contribution in [0.25, 0.3) is 10.8 Å². The van der Waals surface area contributed by atoms with Gasteiger partial charge in [-0.25, -0.2) is 0 Å². The lowest BCUT2D eigenvalue weighted by atomic mass is 9.98. The van der Waals surface area contributed by atoms with E-state index in [2.05, 4.69) is 29.6 Å². The van der Waals surface area contributed by atoms with Crippen LogP contribution in [0.2, 0.25) is 0 Å². The summed E-state index contributed by atoms with van der Waals surface area (Å²) >= 11 is 1.56. The molecule has 2 unspecified atom stereocenters. The van der Waals surface area contributed by atoms with Crippen LogP contribution < -0.4 is 0 Å². The normalized spacial score (nSPS) is 23.8. The Hall–Kier alpha value is -1.72. The fourth-order valence-corrected chi connectivity index (χ4v) is 4.41. The summed E-state index contributed by atoms with van der Waals surface area (Å²) in [4.78, 5) is 0.916. The van der Waals surface area contributed by atoms with Crippen LogP contribution in [-0.4, -0.2) is 17.5 Å². The van der Waals surface area contributed by atoms with Crippen molar-refractivity contribution >= 4 is 22.1 Å². The molecule has 0 aliphatic carbocycles. The first kappa shape index (κ1) is 16.7. The van der Waals surface area contributed by atoms with Gasteiger partial charge in [0.2, 0.25) is 0 Å². The molecule has 4 rings (SSSR count). The molecule has 3 aromatic rings. The second-order valence-electron chi connectivity index (χ2n) is 7.27. The molecule has 1 aliphatic rings. The van der Waals surface area contributed by atoms with Gasteiger partial charge in [-0.15, -0.1) is 11.3 Å². The van der Waals surface area contributed by atoms with Crippen molar-refractivity contribution in [2.24, 2.45) is 0 Å². The highest BCUT2D eigenvalue weighted by atomic mass is 32.1. The van der Waals surface area contributed by atoms with Gasteiger partial charge in [-0.05, 0) is 60.2 Å². The van der Waals surface area contributed by atoms with Crippen molar-refractivity contribution in [1.82, 2.24) is 0 Å². The van der Waals surface area contributed by atoms with Crippen LogP contribution >= 0.6 is 11.3 Å².